The Morgan fingerprint density at radius 2 is 1.69 bits per heavy atom. The molecule has 4 fully saturated rings. The number of ether oxygens (including phenoxy) is 1. The Morgan fingerprint density at radius 1 is 1.06 bits per heavy atom. The van der Waals surface area contributed by atoms with Gasteiger partial charge < -0.3 is 14.9 Å². The maximum atomic E-state index is 16.0. The van der Waals surface area contributed by atoms with E-state index >= 15 is 8.78 Å². The van der Waals surface area contributed by atoms with E-state index in [4.69, 9.17) is 4.74 Å². The first-order valence-electron chi connectivity index (χ1n) is 13.7. The summed E-state index contributed by atoms with van der Waals surface area (Å²) in [5.41, 5.74) is -0.613. The lowest BCUT2D eigenvalue weighted by Gasteiger charge is -2.66. The molecule has 200 valence electrons. The Morgan fingerprint density at radius 3 is 2.29 bits per heavy atom. The van der Waals surface area contributed by atoms with Crippen LogP contribution in [0.3, 0.4) is 0 Å². The van der Waals surface area contributed by atoms with Gasteiger partial charge in [-0.15, -0.1) is 0 Å². The van der Waals surface area contributed by atoms with Crippen molar-refractivity contribution < 1.29 is 33.3 Å². The van der Waals surface area contributed by atoms with Crippen molar-refractivity contribution >= 4 is 11.9 Å². The molecule has 4 aliphatic rings. The van der Waals surface area contributed by atoms with Gasteiger partial charge in [-0.1, -0.05) is 34.1 Å². The SMILES string of the molecule is CC[C@H]1C(O)C2C3CCC([C@H](C)CCC(=O)O)[C@@]3(C)CCC2[C@@]2(C)CC[C@@H](OC(C)=O)C(F)(F)[C@@H]12. The number of hydrogen-bond acceptors (Lipinski definition) is 4. The third-order valence-corrected chi connectivity index (χ3v) is 11.3. The summed E-state index contributed by atoms with van der Waals surface area (Å²) < 4.78 is 37.1. The Bertz CT molecular complexity index is 832. The van der Waals surface area contributed by atoms with Gasteiger partial charge in [0, 0.05) is 19.3 Å². The number of rotatable bonds is 6. The molecular weight excluding hydrogens is 454 g/mol. The molecular formula is C28H44F2O5. The van der Waals surface area contributed by atoms with Gasteiger partial charge in [-0.25, -0.2) is 8.78 Å². The smallest absolute Gasteiger partial charge is 0.303 e. The number of esters is 1. The predicted octanol–water partition coefficient (Wildman–Crippen LogP) is 5.93. The second-order valence-electron chi connectivity index (χ2n) is 12.8. The highest BCUT2D eigenvalue weighted by atomic mass is 19.3. The minimum Gasteiger partial charge on any atom is -0.481 e. The second-order valence-corrected chi connectivity index (χ2v) is 12.8. The Labute approximate surface area is 208 Å². The molecule has 0 aliphatic heterocycles. The van der Waals surface area contributed by atoms with Crippen LogP contribution in [0.2, 0.25) is 0 Å². The normalized spacial score (nSPS) is 47.2. The zero-order valence-electron chi connectivity index (χ0n) is 21.9. The van der Waals surface area contributed by atoms with E-state index in [1.807, 2.05) is 13.8 Å². The third-order valence-electron chi connectivity index (χ3n) is 11.3. The lowest BCUT2D eigenvalue weighted by atomic mass is 9.40. The summed E-state index contributed by atoms with van der Waals surface area (Å²) in [6, 6.07) is 0. The third kappa shape index (κ3) is 4.12. The van der Waals surface area contributed by atoms with Crippen LogP contribution in [-0.4, -0.2) is 40.3 Å². The van der Waals surface area contributed by atoms with Crippen molar-refractivity contribution in [2.75, 3.05) is 0 Å². The number of fused-ring (bicyclic) bond motifs is 5. The quantitative estimate of drug-likeness (QED) is 0.444. The fourth-order valence-corrected chi connectivity index (χ4v) is 9.89. The van der Waals surface area contributed by atoms with Gasteiger partial charge in [0.05, 0.1) is 6.10 Å². The van der Waals surface area contributed by atoms with Crippen molar-refractivity contribution in [3.05, 3.63) is 0 Å². The fourth-order valence-electron chi connectivity index (χ4n) is 9.89. The van der Waals surface area contributed by atoms with Crippen LogP contribution in [0.5, 0.6) is 0 Å². The van der Waals surface area contributed by atoms with Crippen molar-refractivity contribution in [3.63, 3.8) is 0 Å². The van der Waals surface area contributed by atoms with Crippen LogP contribution in [0.15, 0.2) is 0 Å². The van der Waals surface area contributed by atoms with Crippen LogP contribution in [0.1, 0.15) is 92.4 Å². The number of halogens is 2. The van der Waals surface area contributed by atoms with Crippen LogP contribution < -0.4 is 0 Å². The maximum absolute atomic E-state index is 16.0. The van der Waals surface area contributed by atoms with Crippen LogP contribution in [0.4, 0.5) is 8.78 Å². The zero-order chi connectivity index (χ0) is 25.9. The van der Waals surface area contributed by atoms with E-state index in [0.717, 1.165) is 25.7 Å². The molecule has 0 spiro atoms. The summed E-state index contributed by atoms with van der Waals surface area (Å²) in [5.74, 6) is -5.22. The largest absolute Gasteiger partial charge is 0.481 e. The Hall–Kier alpha value is -1.24. The molecule has 0 radical (unpaired) electrons. The van der Waals surface area contributed by atoms with E-state index in [2.05, 4.69) is 13.8 Å². The molecule has 0 aromatic rings. The predicted molar refractivity (Wildman–Crippen MR) is 128 cm³/mol. The summed E-state index contributed by atoms with van der Waals surface area (Å²) >= 11 is 0. The van der Waals surface area contributed by atoms with Gasteiger partial charge in [0.25, 0.3) is 5.92 Å². The molecule has 0 bridgehead atoms. The highest BCUT2D eigenvalue weighted by Gasteiger charge is 2.71. The van der Waals surface area contributed by atoms with Crippen molar-refractivity contribution in [1.82, 2.24) is 0 Å². The van der Waals surface area contributed by atoms with Gasteiger partial charge in [-0.3, -0.25) is 9.59 Å². The monoisotopic (exact) mass is 498 g/mol. The van der Waals surface area contributed by atoms with E-state index in [0.29, 0.717) is 25.2 Å². The van der Waals surface area contributed by atoms with E-state index in [9.17, 15) is 19.8 Å². The molecule has 35 heavy (non-hydrogen) atoms. The Balaban J connectivity index is 1.66. The van der Waals surface area contributed by atoms with E-state index in [1.165, 1.54) is 6.92 Å². The first kappa shape index (κ1) is 26.8. The minimum absolute atomic E-state index is 0.000977. The minimum atomic E-state index is -3.17. The van der Waals surface area contributed by atoms with Crippen LogP contribution in [-0.2, 0) is 14.3 Å². The standard InChI is InChI=1S/C28H44F2O5/c1-6-17-24(34)23-19-9-8-18(15(2)7-10-22(32)33)26(19,4)13-11-20(23)27(5)14-12-21(35-16(3)31)28(29,30)25(17)27/h15,17-21,23-25,34H,6-14H2,1-5H3,(H,32,33)/t15-,17+,18?,19?,20?,21-,23?,24?,25+,26-,27-/m1/s1. The van der Waals surface area contributed by atoms with Crippen molar-refractivity contribution in [3.8, 4) is 0 Å². The first-order valence-corrected chi connectivity index (χ1v) is 13.7. The highest BCUT2D eigenvalue weighted by Crippen LogP contribution is 2.71. The number of aliphatic hydroxyl groups excluding tert-OH is 1. The van der Waals surface area contributed by atoms with Gasteiger partial charge in [-0.05, 0) is 91.3 Å². The van der Waals surface area contributed by atoms with Crippen molar-refractivity contribution in [2.24, 2.45) is 52.3 Å². The zero-order valence-corrected chi connectivity index (χ0v) is 21.9. The lowest BCUT2D eigenvalue weighted by molar-refractivity contribution is -0.289. The van der Waals surface area contributed by atoms with Gasteiger partial charge in [0.2, 0.25) is 0 Å². The van der Waals surface area contributed by atoms with E-state index in [-0.39, 0.29) is 41.9 Å². The number of alkyl halides is 2. The summed E-state index contributed by atoms with van der Waals surface area (Å²) in [6.45, 7) is 9.58. The van der Waals surface area contributed by atoms with E-state index in [1.54, 1.807) is 0 Å². The molecule has 0 aromatic heterocycles. The molecule has 5 unspecified atom stereocenters. The molecule has 0 heterocycles. The maximum Gasteiger partial charge on any atom is 0.303 e. The van der Waals surface area contributed by atoms with Gasteiger partial charge in [-0.2, -0.15) is 0 Å². The highest BCUT2D eigenvalue weighted by molar-refractivity contribution is 5.66. The fraction of sp³-hybridized carbons (Fsp3) is 0.929. The van der Waals surface area contributed by atoms with Crippen molar-refractivity contribution in [1.29, 1.82) is 0 Å². The number of aliphatic hydroxyl groups is 1. The number of aliphatic carboxylic acids is 1. The molecule has 2 N–H and O–H groups in total. The second kappa shape index (κ2) is 9.25. The molecule has 0 aromatic carbocycles. The first-order chi connectivity index (χ1) is 16.3. The summed E-state index contributed by atoms with van der Waals surface area (Å²) in [5, 5.41) is 20.9. The average Bonchev–Trinajstić information content (AvgIpc) is 3.12. The molecule has 5 nitrogen and oxygen atoms in total. The summed E-state index contributed by atoms with van der Waals surface area (Å²) in [7, 11) is 0. The van der Waals surface area contributed by atoms with Gasteiger partial charge in [0.15, 0.2) is 6.10 Å². The topological polar surface area (TPSA) is 83.8 Å². The lowest BCUT2D eigenvalue weighted by Crippen LogP contribution is -2.68. The van der Waals surface area contributed by atoms with Crippen LogP contribution in [0.25, 0.3) is 0 Å². The van der Waals surface area contributed by atoms with Crippen LogP contribution >= 0.6 is 0 Å². The van der Waals surface area contributed by atoms with Crippen molar-refractivity contribution in [2.45, 2.75) is 111 Å². The summed E-state index contributed by atoms with van der Waals surface area (Å²) in [4.78, 5) is 22.7. The van der Waals surface area contributed by atoms with Crippen LogP contribution in [0, 0.1) is 52.3 Å². The molecule has 7 heteroatoms. The number of carbonyl (C=O) groups excluding carboxylic acids is 1. The number of carboxylic acid groups (broad SMARTS) is 1. The molecule has 4 aliphatic carbocycles. The molecule has 4 rings (SSSR count). The molecule has 0 amide bonds. The van der Waals surface area contributed by atoms with Gasteiger partial charge in [0.1, 0.15) is 0 Å². The Kier molecular flexibility index (Phi) is 7.09. The number of hydrogen-bond donors (Lipinski definition) is 2. The van der Waals surface area contributed by atoms with E-state index < -0.39 is 47.3 Å². The number of carbonyl (C=O) groups is 2. The average molecular weight is 499 g/mol. The summed E-state index contributed by atoms with van der Waals surface area (Å²) in [6.07, 6.45) is 3.54. The molecule has 11 atom stereocenters. The molecule has 4 saturated carbocycles. The van der Waals surface area contributed by atoms with Gasteiger partial charge >= 0.3 is 11.9 Å². The number of carboxylic acids is 1. The molecule has 0 saturated heterocycles.